The summed E-state index contributed by atoms with van der Waals surface area (Å²) in [4.78, 5) is 22.0. The monoisotopic (exact) mass is 263 g/mol. The normalized spacial score (nSPS) is 10.0. The first-order valence-corrected chi connectivity index (χ1v) is 5.84. The molecular formula is C11H9N3O3S. The van der Waals surface area contributed by atoms with Crippen molar-refractivity contribution in [3.05, 3.63) is 45.8 Å². The topological polar surface area (TPSA) is 98.3 Å². The summed E-state index contributed by atoms with van der Waals surface area (Å²) in [5.41, 5.74) is 5.69. The summed E-state index contributed by atoms with van der Waals surface area (Å²) in [7, 11) is 0. The first-order valence-electron chi connectivity index (χ1n) is 4.96. The lowest BCUT2D eigenvalue weighted by Crippen LogP contribution is -2.20. The first-order chi connectivity index (χ1) is 8.58. The fourth-order valence-corrected chi connectivity index (χ4v) is 2.25. The third-order valence-electron chi connectivity index (χ3n) is 2.26. The number of anilines is 1. The van der Waals surface area contributed by atoms with Gasteiger partial charge in [-0.25, -0.2) is 4.79 Å². The summed E-state index contributed by atoms with van der Waals surface area (Å²) in [5.74, 6) is 0. The standard InChI is InChI=1S/C11H9N3O3S/c12-11(15)13-8-6-7(10-2-1-5-18-10)3-4-9(8)14(16)17/h1-6H,(H3,12,13,15). The molecular weight excluding hydrogens is 254 g/mol. The van der Waals surface area contributed by atoms with Crippen molar-refractivity contribution in [2.45, 2.75) is 0 Å². The van der Waals surface area contributed by atoms with Crippen LogP contribution in [0.15, 0.2) is 35.7 Å². The number of amides is 2. The molecule has 7 heteroatoms. The molecule has 92 valence electrons. The summed E-state index contributed by atoms with van der Waals surface area (Å²) in [6.45, 7) is 0. The van der Waals surface area contributed by atoms with E-state index in [1.807, 2.05) is 17.5 Å². The maximum Gasteiger partial charge on any atom is 0.316 e. The summed E-state index contributed by atoms with van der Waals surface area (Å²) < 4.78 is 0. The second-order valence-corrected chi connectivity index (χ2v) is 4.40. The van der Waals surface area contributed by atoms with Gasteiger partial charge in [0.2, 0.25) is 0 Å². The number of hydrogen-bond acceptors (Lipinski definition) is 4. The minimum absolute atomic E-state index is 0.0957. The van der Waals surface area contributed by atoms with Crippen LogP contribution in [0.25, 0.3) is 10.4 Å². The van der Waals surface area contributed by atoms with E-state index < -0.39 is 11.0 Å². The van der Waals surface area contributed by atoms with Gasteiger partial charge in [-0.2, -0.15) is 0 Å². The molecule has 0 saturated heterocycles. The highest BCUT2D eigenvalue weighted by molar-refractivity contribution is 7.13. The Balaban J connectivity index is 2.48. The lowest BCUT2D eigenvalue weighted by Gasteiger charge is -2.05. The molecule has 0 fully saturated rings. The molecule has 2 rings (SSSR count). The van der Waals surface area contributed by atoms with Crippen molar-refractivity contribution in [2.75, 3.05) is 5.32 Å². The molecule has 1 aromatic heterocycles. The van der Waals surface area contributed by atoms with Gasteiger partial charge in [0, 0.05) is 10.9 Å². The third kappa shape index (κ3) is 2.46. The minimum atomic E-state index is -0.832. The van der Waals surface area contributed by atoms with E-state index in [0.717, 1.165) is 10.4 Å². The predicted octanol–water partition coefficient (Wildman–Crippen LogP) is 2.81. The fraction of sp³-hybridized carbons (Fsp3) is 0. The molecule has 18 heavy (non-hydrogen) atoms. The molecule has 0 atom stereocenters. The van der Waals surface area contributed by atoms with Crippen LogP contribution in [0.2, 0.25) is 0 Å². The lowest BCUT2D eigenvalue weighted by molar-refractivity contribution is -0.383. The van der Waals surface area contributed by atoms with Crippen molar-refractivity contribution in [1.29, 1.82) is 0 Å². The number of nitro benzene ring substituents is 1. The van der Waals surface area contributed by atoms with E-state index >= 15 is 0 Å². The average Bonchev–Trinajstić information content (AvgIpc) is 2.81. The Kier molecular flexibility index (Phi) is 3.24. The largest absolute Gasteiger partial charge is 0.351 e. The van der Waals surface area contributed by atoms with Crippen LogP contribution < -0.4 is 11.1 Å². The highest BCUT2D eigenvalue weighted by Gasteiger charge is 2.16. The predicted molar refractivity (Wildman–Crippen MR) is 69.6 cm³/mol. The number of thiophene rings is 1. The van der Waals surface area contributed by atoms with E-state index in [0.29, 0.717) is 0 Å². The number of rotatable bonds is 3. The quantitative estimate of drug-likeness (QED) is 0.658. The Bertz CT molecular complexity index is 596. The van der Waals surface area contributed by atoms with Crippen molar-refractivity contribution in [3.63, 3.8) is 0 Å². The van der Waals surface area contributed by atoms with Gasteiger partial charge >= 0.3 is 6.03 Å². The van der Waals surface area contributed by atoms with E-state index in [1.54, 1.807) is 6.07 Å². The van der Waals surface area contributed by atoms with Crippen molar-refractivity contribution >= 4 is 28.7 Å². The number of nitrogens with one attached hydrogen (secondary N) is 1. The molecule has 0 saturated carbocycles. The van der Waals surface area contributed by atoms with Crippen LogP contribution in [-0.4, -0.2) is 11.0 Å². The van der Waals surface area contributed by atoms with Gasteiger partial charge in [-0.05, 0) is 29.1 Å². The Labute approximate surface area is 106 Å². The van der Waals surface area contributed by atoms with E-state index in [2.05, 4.69) is 5.32 Å². The molecule has 1 heterocycles. The third-order valence-corrected chi connectivity index (χ3v) is 3.18. The Morgan fingerprint density at radius 2 is 2.17 bits per heavy atom. The summed E-state index contributed by atoms with van der Waals surface area (Å²) >= 11 is 1.50. The van der Waals surface area contributed by atoms with Crippen molar-refractivity contribution in [2.24, 2.45) is 5.73 Å². The maximum atomic E-state index is 10.8. The number of nitro groups is 1. The molecule has 0 radical (unpaired) electrons. The van der Waals surface area contributed by atoms with Gasteiger partial charge in [0.1, 0.15) is 5.69 Å². The lowest BCUT2D eigenvalue weighted by atomic mass is 10.1. The molecule has 0 spiro atoms. The SMILES string of the molecule is NC(=O)Nc1cc(-c2cccs2)ccc1[N+](=O)[O-]. The molecule has 2 amide bonds. The van der Waals surface area contributed by atoms with Crippen molar-refractivity contribution in [3.8, 4) is 10.4 Å². The zero-order chi connectivity index (χ0) is 13.1. The summed E-state index contributed by atoms with van der Waals surface area (Å²) in [5, 5.41) is 15.0. The van der Waals surface area contributed by atoms with Gasteiger partial charge in [-0.3, -0.25) is 10.1 Å². The van der Waals surface area contributed by atoms with Crippen LogP contribution in [0.3, 0.4) is 0 Å². The Hall–Kier alpha value is -2.41. The van der Waals surface area contributed by atoms with Gasteiger partial charge in [0.05, 0.1) is 4.92 Å². The highest BCUT2D eigenvalue weighted by atomic mass is 32.1. The van der Waals surface area contributed by atoms with Gasteiger partial charge < -0.3 is 11.1 Å². The zero-order valence-corrected chi connectivity index (χ0v) is 9.94. The number of urea groups is 1. The average molecular weight is 263 g/mol. The first kappa shape index (κ1) is 12.1. The van der Waals surface area contributed by atoms with E-state index in [9.17, 15) is 14.9 Å². The molecule has 6 nitrogen and oxygen atoms in total. The van der Waals surface area contributed by atoms with Gasteiger partial charge in [0.25, 0.3) is 5.69 Å². The number of primary amides is 1. The summed E-state index contributed by atoms with van der Waals surface area (Å²) in [6.07, 6.45) is 0. The van der Waals surface area contributed by atoms with Crippen LogP contribution in [0.1, 0.15) is 0 Å². The smallest absolute Gasteiger partial charge is 0.316 e. The Morgan fingerprint density at radius 1 is 1.39 bits per heavy atom. The molecule has 0 aliphatic heterocycles. The van der Waals surface area contributed by atoms with Crippen molar-refractivity contribution < 1.29 is 9.72 Å². The molecule has 0 aliphatic carbocycles. The molecule has 0 unspecified atom stereocenters. The fourth-order valence-electron chi connectivity index (χ4n) is 1.52. The van der Waals surface area contributed by atoms with Crippen molar-refractivity contribution in [1.82, 2.24) is 0 Å². The molecule has 0 bridgehead atoms. The number of nitrogens with two attached hydrogens (primary N) is 1. The maximum absolute atomic E-state index is 10.8. The molecule has 0 aliphatic rings. The number of hydrogen-bond donors (Lipinski definition) is 2. The van der Waals surface area contributed by atoms with E-state index in [-0.39, 0.29) is 11.4 Å². The van der Waals surface area contributed by atoms with Gasteiger partial charge in [0.15, 0.2) is 0 Å². The van der Waals surface area contributed by atoms with Gasteiger partial charge in [-0.1, -0.05) is 6.07 Å². The second kappa shape index (κ2) is 4.84. The van der Waals surface area contributed by atoms with Crippen LogP contribution in [-0.2, 0) is 0 Å². The molecule has 2 aromatic rings. The number of carbonyl (C=O) groups excluding carboxylic acids is 1. The number of carbonyl (C=O) groups is 1. The Morgan fingerprint density at radius 3 is 2.72 bits per heavy atom. The van der Waals surface area contributed by atoms with E-state index in [4.69, 9.17) is 5.73 Å². The van der Waals surface area contributed by atoms with E-state index in [1.165, 1.54) is 23.5 Å². The summed E-state index contributed by atoms with van der Waals surface area (Å²) in [6, 6.07) is 7.45. The van der Waals surface area contributed by atoms with Crippen LogP contribution in [0, 0.1) is 10.1 Å². The molecule has 1 aromatic carbocycles. The number of benzene rings is 1. The zero-order valence-electron chi connectivity index (χ0n) is 9.12. The van der Waals surface area contributed by atoms with Crippen LogP contribution >= 0.6 is 11.3 Å². The second-order valence-electron chi connectivity index (χ2n) is 3.46. The molecule has 3 N–H and O–H groups in total. The number of nitrogens with zero attached hydrogens (tertiary/aromatic N) is 1. The minimum Gasteiger partial charge on any atom is -0.351 e. The van der Waals surface area contributed by atoms with Gasteiger partial charge in [-0.15, -0.1) is 11.3 Å². The van der Waals surface area contributed by atoms with Crippen LogP contribution in [0.5, 0.6) is 0 Å². The highest BCUT2D eigenvalue weighted by Crippen LogP contribution is 2.32. The van der Waals surface area contributed by atoms with Crippen LogP contribution in [0.4, 0.5) is 16.2 Å².